The molecule has 0 fully saturated rings. The molecule has 0 radical (unpaired) electrons. The van der Waals surface area contributed by atoms with Crippen LogP contribution in [0.4, 0.5) is 10.1 Å². The Morgan fingerprint density at radius 3 is 2.58 bits per heavy atom. The van der Waals surface area contributed by atoms with Gasteiger partial charge in [-0.1, -0.05) is 48.0 Å². The van der Waals surface area contributed by atoms with Crippen molar-refractivity contribution in [3.8, 4) is 0 Å². The predicted molar refractivity (Wildman–Crippen MR) is 126 cm³/mol. The molecule has 3 aromatic carbocycles. The van der Waals surface area contributed by atoms with E-state index >= 15 is 0 Å². The fourth-order valence-corrected chi connectivity index (χ4v) is 4.08. The standard InChI is InChI=1S/C25H18ClFN4O2/c1-31-21-9-5-3-7-17(21)22(16-6-2-4-8-18(16)27)29-23(25(31)33)30-24(32)20-12-14-10-11-15(26)13-19(14)28-20/h2-13,23,28H,1H3,(H,30,32). The second-order valence-corrected chi connectivity index (χ2v) is 8.10. The molecule has 164 valence electrons. The summed E-state index contributed by atoms with van der Waals surface area (Å²) in [5, 5.41) is 4.02. The van der Waals surface area contributed by atoms with Gasteiger partial charge in [0.1, 0.15) is 11.5 Å². The number of rotatable bonds is 3. The predicted octanol–water partition coefficient (Wildman–Crippen LogP) is 4.53. The number of aromatic amines is 1. The molecule has 1 aliphatic heterocycles. The quantitative estimate of drug-likeness (QED) is 0.471. The van der Waals surface area contributed by atoms with Crippen molar-refractivity contribution in [2.24, 2.45) is 4.99 Å². The van der Waals surface area contributed by atoms with Crippen LogP contribution in [0.3, 0.4) is 0 Å². The minimum atomic E-state index is -1.25. The molecule has 0 spiro atoms. The van der Waals surface area contributed by atoms with Gasteiger partial charge in [0.15, 0.2) is 0 Å². The third-order valence-electron chi connectivity index (χ3n) is 5.57. The zero-order chi connectivity index (χ0) is 23.1. The van der Waals surface area contributed by atoms with Crippen LogP contribution in [0.5, 0.6) is 0 Å². The van der Waals surface area contributed by atoms with E-state index in [9.17, 15) is 14.0 Å². The third-order valence-corrected chi connectivity index (χ3v) is 5.80. The number of amides is 2. The summed E-state index contributed by atoms with van der Waals surface area (Å²) in [5.74, 6) is -1.43. The van der Waals surface area contributed by atoms with Crippen molar-refractivity contribution in [1.82, 2.24) is 10.3 Å². The number of halogens is 2. The first-order chi connectivity index (χ1) is 15.9. The van der Waals surface area contributed by atoms with Crippen LogP contribution in [-0.4, -0.2) is 35.7 Å². The Morgan fingerprint density at radius 2 is 1.79 bits per heavy atom. The van der Waals surface area contributed by atoms with E-state index in [0.29, 0.717) is 21.8 Å². The number of fused-ring (bicyclic) bond motifs is 2. The van der Waals surface area contributed by atoms with Gasteiger partial charge in [0.2, 0.25) is 6.17 Å². The summed E-state index contributed by atoms with van der Waals surface area (Å²) in [7, 11) is 1.60. The molecule has 1 unspecified atom stereocenters. The zero-order valence-electron chi connectivity index (χ0n) is 17.5. The molecule has 2 N–H and O–H groups in total. The largest absolute Gasteiger partial charge is 0.350 e. The fraction of sp³-hybridized carbons (Fsp3) is 0.0800. The highest BCUT2D eigenvalue weighted by Gasteiger charge is 2.32. The molecule has 1 atom stereocenters. The third kappa shape index (κ3) is 3.76. The van der Waals surface area contributed by atoms with Crippen molar-refractivity contribution in [2.45, 2.75) is 6.17 Å². The number of carbonyl (C=O) groups excluding carboxylic acids is 2. The highest BCUT2D eigenvalue weighted by atomic mass is 35.5. The number of hydrogen-bond donors (Lipinski definition) is 2. The van der Waals surface area contributed by atoms with Gasteiger partial charge in [-0.05, 0) is 36.4 Å². The Hall–Kier alpha value is -3.97. The van der Waals surface area contributed by atoms with E-state index in [1.165, 1.54) is 11.0 Å². The molecule has 0 aliphatic carbocycles. The summed E-state index contributed by atoms with van der Waals surface area (Å²) in [5.41, 5.74) is 2.65. The molecule has 6 nitrogen and oxygen atoms in total. The zero-order valence-corrected chi connectivity index (χ0v) is 18.2. The van der Waals surface area contributed by atoms with Gasteiger partial charge in [0, 0.05) is 34.1 Å². The van der Waals surface area contributed by atoms with Crippen LogP contribution in [-0.2, 0) is 4.79 Å². The smallest absolute Gasteiger partial charge is 0.272 e. The lowest BCUT2D eigenvalue weighted by Crippen LogP contribution is -2.46. The van der Waals surface area contributed by atoms with Crippen molar-refractivity contribution in [3.63, 3.8) is 0 Å². The summed E-state index contributed by atoms with van der Waals surface area (Å²) in [6.45, 7) is 0. The van der Waals surface area contributed by atoms with Crippen molar-refractivity contribution >= 4 is 45.7 Å². The number of aromatic nitrogens is 1. The van der Waals surface area contributed by atoms with Crippen LogP contribution < -0.4 is 10.2 Å². The van der Waals surface area contributed by atoms with Crippen LogP contribution >= 0.6 is 11.6 Å². The van der Waals surface area contributed by atoms with Crippen LogP contribution in [0.1, 0.15) is 21.6 Å². The topological polar surface area (TPSA) is 77.6 Å². The van der Waals surface area contributed by atoms with E-state index in [-0.39, 0.29) is 17.0 Å². The Labute approximate surface area is 193 Å². The average molecular weight is 461 g/mol. The first-order valence-corrected chi connectivity index (χ1v) is 10.6. The Kier molecular flexibility index (Phi) is 5.18. The molecule has 8 heteroatoms. The number of benzene rings is 3. The summed E-state index contributed by atoms with van der Waals surface area (Å²) in [4.78, 5) is 35.2. The molecular weight excluding hydrogens is 443 g/mol. The van der Waals surface area contributed by atoms with Gasteiger partial charge >= 0.3 is 0 Å². The first-order valence-electron chi connectivity index (χ1n) is 10.2. The number of benzodiazepines with no additional fused rings is 1. The number of carbonyl (C=O) groups is 2. The van der Waals surface area contributed by atoms with Gasteiger partial charge < -0.3 is 15.2 Å². The summed E-state index contributed by atoms with van der Waals surface area (Å²) in [6.07, 6.45) is -1.25. The molecule has 2 amide bonds. The lowest BCUT2D eigenvalue weighted by atomic mass is 10.00. The van der Waals surface area contributed by atoms with E-state index in [1.54, 1.807) is 73.8 Å². The molecule has 33 heavy (non-hydrogen) atoms. The number of likely N-dealkylation sites (N-methyl/N-ethyl adjacent to an activating group) is 1. The molecule has 0 bridgehead atoms. The number of anilines is 1. The monoisotopic (exact) mass is 460 g/mol. The highest BCUT2D eigenvalue weighted by molar-refractivity contribution is 6.31. The van der Waals surface area contributed by atoms with Gasteiger partial charge in [-0.25, -0.2) is 9.38 Å². The molecule has 2 heterocycles. The Morgan fingerprint density at radius 1 is 1.06 bits per heavy atom. The van der Waals surface area contributed by atoms with Crippen molar-refractivity contribution < 1.29 is 14.0 Å². The van der Waals surface area contributed by atoms with E-state index in [1.807, 2.05) is 0 Å². The molecule has 1 aliphatic rings. The van der Waals surface area contributed by atoms with Gasteiger partial charge in [-0.3, -0.25) is 9.59 Å². The summed E-state index contributed by atoms with van der Waals surface area (Å²) in [6, 6.07) is 20.2. The molecule has 4 aromatic rings. The summed E-state index contributed by atoms with van der Waals surface area (Å²) < 4.78 is 14.7. The normalized spacial score (nSPS) is 15.7. The minimum absolute atomic E-state index is 0.243. The maximum atomic E-state index is 14.7. The van der Waals surface area contributed by atoms with Crippen molar-refractivity contribution in [1.29, 1.82) is 0 Å². The second kappa shape index (κ2) is 8.18. The number of hydrogen-bond acceptors (Lipinski definition) is 3. The van der Waals surface area contributed by atoms with Crippen molar-refractivity contribution in [3.05, 3.63) is 100 Å². The van der Waals surface area contributed by atoms with Crippen LogP contribution in [0.25, 0.3) is 10.9 Å². The van der Waals surface area contributed by atoms with Crippen LogP contribution in [0.2, 0.25) is 5.02 Å². The van der Waals surface area contributed by atoms with Crippen LogP contribution in [0.15, 0.2) is 77.8 Å². The molecule has 5 rings (SSSR count). The van der Waals surface area contributed by atoms with E-state index in [4.69, 9.17) is 11.6 Å². The first kappa shape index (κ1) is 20.9. The Balaban J connectivity index is 1.57. The summed E-state index contributed by atoms with van der Waals surface area (Å²) >= 11 is 6.03. The molecule has 0 saturated heterocycles. The lowest BCUT2D eigenvalue weighted by Gasteiger charge is -2.20. The molecular formula is C25H18ClFN4O2. The number of H-pyrrole nitrogens is 1. The lowest BCUT2D eigenvalue weighted by molar-refractivity contribution is -0.119. The maximum Gasteiger partial charge on any atom is 0.272 e. The second-order valence-electron chi connectivity index (χ2n) is 7.66. The van der Waals surface area contributed by atoms with E-state index < -0.39 is 23.8 Å². The number of para-hydroxylation sites is 1. The minimum Gasteiger partial charge on any atom is -0.350 e. The van der Waals surface area contributed by atoms with Gasteiger partial charge in [-0.15, -0.1) is 0 Å². The average Bonchev–Trinajstić information content (AvgIpc) is 3.21. The van der Waals surface area contributed by atoms with Crippen molar-refractivity contribution in [2.75, 3.05) is 11.9 Å². The maximum absolute atomic E-state index is 14.7. The van der Waals surface area contributed by atoms with Crippen LogP contribution in [0, 0.1) is 5.82 Å². The number of nitrogens with one attached hydrogen (secondary N) is 2. The SMILES string of the molecule is CN1C(=O)C(NC(=O)c2cc3ccc(Cl)cc3[nH]2)N=C(c2ccccc2F)c2ccccc21. The Bertz CT molecular complexity index is 1450. The number of nitrogens with zero attached hydrogens (tertiary/aromatic N) is 2. The highest BCUT2D eigenvalue weighted by Crippen LogP contribution is 2.28. The molecule has 1 aromatic heterocycles. The van der Waals surface area contributed by atoms with Gasteiger partial charge in [-0.2, -0.15) is 0 Å². The number of aliphatic imine (C=N–C) groups is 1. The van der Waals surface area contributed by atoms with Gasteiger partial charge in [0.05, 0.1) is 11.4 Å². The fourth-order valence-electron chi connectivity index (χ4n) is 3.91. The van der Waals surface area contributed by atoms with E-state index in [2.05, 4.69) is 15.3 Å². The van der Waals surface area contributed by atoms with Gasteiger partial charge in [0.25, 0.3) is 11.8 Å². The molecule has 0 saturated carbocycles. The van der Waals surface area contributed by atoms with E-state index in [0.717, 1.165) is 5.39 Å².